The van der Waals surface area contributed by atoms with Gasteiger partial charge in [-0.2, -0.15) is 0 Å². The van der Waals surface area contributed by atoms with Crippen LogP contribution in [0.4, 0.5) is 5.69 Å². The van der Waals surface area contributed by atoms with Crippen LogP contribution in [0.2, 0.25) is 0 Å². The summed E-state index contributed by atoms with van der Waals surface area (Å²) in [6, 6.07) is 16.6. The molecule has 2 aromatic rings. The molecule has 0 aliphatic carbocycles. The van der Waals surface area contributed by atoms with E-state index in [1.54, 1.807) is 7.11 Å². The van der Waals surface area contributed by atoms with E-state index in [0.29, 0.717) is 6.54 Å². The van der Waals surface area contributed by atoms with E-state index in [-0.39, 0.29) is 6.04 Å². The standard InChI is InChI=1S/C17H21BrN2O/c1-3-20(14-7-5-4-6-8-14)16(12-19)13-9-10-17(21-2)15(18)11-13/h4-11,16H,3,12,19H2,1-2H3. The first-order chi connectivity index (χ1) is 10.2. The average molecular weight is 349 g/mol. The molecule has 21 heavy (non-hydrogen) atoms. The lowest BCUT2D eigenvalue weighted by atomic mass is 10.0. The summed E-state index contributed by atoms with van der Waals surface area (Å²) >= 11 is 3.55. The Morgan fingerprint density at radius 2 is 1.90 bits per heavy atom. The highest BCUT2D eigenvalue weighted by Gasteiger charge is 2.19. The van der Waals surface area contributed by atoms with Crippen LogP contribution in [-0.2, 0) is 0 Å². The average Bonchev–Trinajstić information content (AvgIpc) is 2.53. The molecule has 0 saturated carbocycles. The second-order valence-corrected chi connectivity index (χ2v) is 5.62. The van der Waals surface area contributed by atoms with Crippen molar-refractivity contribution < 1.29 is 4.74 Å². The van der Waals surface area contributed by atoms with Crippen molar-refractivity contribution in [1.82, 2.24) is 0 Å². The summed E-state index contributed by atoms with van der Waals surface area (Å²) in [7, 11) is 1.67. The number of nitrogens with zero attached hydrogens (tertiary/aromatic N) is 1. The molecule has 2 N–H and O–H groups in total. The molecule has 0 saturated heterocycles. The maximum atomic E-state index is 6.05. The molecule has 0 aliphatic rings. The fraction of sp³-hybridized carbons (Fsp3) is 0.294. The molecule has 0 bridgehead atoms. The smallest absolute Gasteiger partial charge is 0.133 e. The second kappa shape index (κ2) is 7.48. The number of nitrogens with two attached hydrogens (primary N) is 1. The first kappa shape index (κ1) is 15.9. The van der Waals surface area contributed by atoms with Crippen LogP contribution in [0, 0.1) is 0 Å². The Morgan fingerprint density at radius 3 is 2.43 bits per heavy atom. The topological polar surface area (TPSA) is 38.5 Å². The molecular weight excluding hydrogens is 328 g/mol. The van der Waals surface area contributed by atoms with Crippen LogP contribution in [0.15, 0.2) is 53.0 Å². The summed E-state index contributed by atoms with van der Waals surface area (Å²) in [6.45, 7) is 3.60. The maximum Gasteiger partial charge on any atom is 0.133 e. The van der Waals surface area contributed by atoms with Crippen molar-refractivity contribution in [3.8, 4) is 5.75 Å². The van der Waals surface area contributed by atoms with Gasteiger partial charge in [-0.05, 0) is 52.7 Å². The van der Waals surface area contributed by atoms with Gasteiger partial charge in [0.2, 0.25) is 0 Å². The number of methoxy groups -OCH3 is 1. The Kier molecular flexibility index (Phi) is 5.65. The number of halogens is 1. The summed E-state index contributed by atoms with van der Waals surface area (Å²) in [5.74, 6) is 0.831. The van der Waals surface area contributed by atoms with Gasteiger partial charge < -0.3 is 15.4 Å². The van der Waals surface area contributed by atoms with Gasteiger partial charge in [0.15, 0.2) is 0 Å². The molecule has 1 atom stereocenters. The molecule has 0 amide bonds. The number of hydrogen-bond donors (Lipinski definition) is 1. The van der Waals surface area contributed by atoms with Gasteiger partial charge in [-0.1, -0.05) is 24.3 Å². The van der Waals surface area contributed by atoms with Gasteiger partial charge in [0.25, 0.3) is 0 Å². The van der Waals surface area contributed by atoms with Gasteiger partial charge >= 0.3 is 0 Å². The largest absolute Gasteiger partial charge is 0.496 e. The number of rotatable bonds is 6. The lowest BCUT2D eigenvalue weighted by Crippen LogP contribution is -2.33. The summed E-state index contributed by atoms with van der Waals surface area (Å²) in [5.41, 5.74) is 8.41. The number of ether oxygens (including phenoxy) is 1. The first-order valence-corrected chi connectivity index (χ1v) is 7.85. The molecule has 0 aliphatic heterocycles. The predicted octanol–water partition coefficient (Wildman–Crippen LogP) is 3.98. The van der Waals surface area contributed by atoms with Crippen molar-refractivity contribution in [2.75, 3.05) is 25.1 Å². The monoisotopic (exact) mass is 348 g/mol. The summed E-state index contributed by atoms with van der Waals surface area (Å²) in [6.07, 6.45) is 0. The molecule has 0 heterocycles. The van der Waals surface area contributed by atoms with Crippen molar-refractivity contribution in [2.24, 2.45) is 5.73 Å². The number of anilines is 1. The number of para-hydroxylation sites is 1. The third-order valence-electron chi connectivity index (χ3n) is 3.59. The van der Waals surface area contributed by atoms with Gasteiger partial charge in [0, 0.05) is 18.8 Å². The molecule has 0 aromatic heterocycles. The minimum Gasteiger partial charge on any atom is -0.496 e. The maximum absolute atomic E-state index is 6.05. The molecule has 4 heteroatoms. The van der Waals surface area contributed by atoms with Crippen molar-refractivity contribution in [3.63, 3.8) is 0 Å². The van der Waals surface area contributed by atoms with Crippen LogP contribution < -0.4 is 15.4 Å². The zero-order chi connectivity index (χ0) is 15.2. The van der Waals surface area contributed by atoms with Crippen LogP contribution in [0.3, 0.4) is 0 Å². The van der Waals surface area contributed by atoms with E-state index in [1.165, 1.54) is 11.3 Å². The molecule has 2 rings (SSSR count). The SMILES string of the molecule is CCN(c1ccccc1)C(CN)c1ccc(OC)c(Br)c1. The quantitative estimate of drug-likeness (QED) is 0.857. The second-order valence-electron chi connectivity index (χ2n) is 4.77. The predicted molar refractivity (Wildman–Crippen MR) is 92.0 cm³/mol. The summed E-state index contributed by atoms with van der Waals surface area (Å²) in [4.78, 5) is 2.31. The van der Waals surface area contributed by atoms with Crippen molar-refractivity contribution in [3.05, 3.63) is 58.6 Å². The van der Waals surface area contributed by atoms with Crippen LogP contribution in [0.25, 0.3) is 0 Å². The van der Waals surface area contributed by atoms with Crippen molar-refractivity contribution in [2.45, 2.75) is 13.0 Å². The molecule has 2 aromatic carbocycles. The third kappa shape index (κ3) is 3.57. The van der Waals surface area contributed by atoms with Crippen molar-refractivity contribution >= 4 is 21.6 Å². The molecule has 3 nitrogen and oxygen atoms in total. The number of hydrogen-bond acceptors (Lipinski definition) is 3. The summed E-state index contributed by atoms with van der Waals surface area (Å²) < 4.78 is 6.24. The Morgan fingerprint density at radius 1 is 1.19 bits per heavy atom. The highest BCUT2D eigenvalue weighted by molar-refractivity contribution is 9.10. The van der Waals surface area contributed by atoms with Crippen LogP contribution in [0.5, 0.6) is 5.75 Å². The Bertz CT molecular complexity index is 574. The van der Waals surface area contributed by atoms with Crippen LogP contribution >= 0.6 is 15.9 Å². The third-order valence-corrected chi connectivity index (χ3v) is 4.21. The minimum absolute atomic E-state index is 0.139. The normalized spacial score (nSPS) is 12.0. The number of benzene rings is 2. The molecular formula is C17H21BrN2O. The van der Waals surface area contributed by atoms with Gasteiger partial charge in [-0.15, -0.1) is 0 Å². The van der Waals surface area contributed by atoms with Crippen LogP contribution in [0.1, 0.15) is 18.5 Å². The molecule has 0 radical (unpaired) electrons. The minimum atomic E-state index is 0.139. The summed E-state index contributed by atoms with van der Waals surface area (Å²) in [5, 5.41) is 0. The van der Waals surface area contributed by atoms with E-state index in [9.17, 15) is 0 Å². The highest BCUT2D eigenvalue weighted by Crippen LogP contribution is 2.32. The Labute approximate surface area is 134 Å². The van der Waals surface area contributed by atoms with Gasteiger partial charge in [0.1, 0.15) is 5.75 Å². The lowest BCUT2D eigenvalue weighted by Gasteiger charge is -2.32. The fourth-order valence-electron chi connectivity index (χ4n) is 2.54. The zero-order valence-electron chi connectivity index (χ0n) is 12.4. The zero-order valence-corrected chi connectivity index (χ0v) is 14.0. The Hall–Kier alpha value is -1.52. The van der Waals surface area contributed by atoms with E-state index < -0.39 is 0 Å². The Balaban J connectivity index is 2.35. The van der Waals surface area contributed by atoms with Gasteiger partial charge in [0.05, 0.1) is 17.6 Å². The van der Waals surface area contributed by atoms with Crippen molar-refractivity contribution in [1.29, 1.82) is 0 Å². The lowest BCUT2D eigenvalue weighted by molar-refractivity contribution is 0.412. The van der Waals surface area contributed by atoms with Gasteiger partial charge in [-0.25, -0.2) is 0 Å². The molecule has 112 valence electrons. The van der Waals surface area contributed by atoms with E-state index in [1.807, 2.05) is 12.1 Å². The van der Waals surface area contributed by atoms with E-state index >= 15 is 0 Å². The first-order valence-electron chi connectivity index (χ1n) is 7.06. The highest BCUT2D eigenvalue weighted by atomic mass is 79.9. The molecule has 1 unspecified atom stereocenters. The van der Waals surface area contributed by atoms with Gasteiger partial charge in [-0.3, -0.25) is 0 Å². The fourth-order valence-corrected chi connectivity index (χ4v) is 3.09. The van der Waals surface area contributed by atoms with E-state index in [0.717, 1.165) is 16.8 Å². The molecule has 0 spiro atoms. The van der Waals surface area contributed by atoms with Crippen LogP contribution in [-0.4, -0.2) is 20.2 Å². The van der Waals surface area contributed by atoms with E-state index in [4.69, 9.17) is 10.5 Å². The number of likely N-dealkylation sites (N-methyl/N-ethyl adjacent to an activating group) is 1. The van der Waals surface area contributed by atoms with E-state index in [2.05, 4.69) is 64.2 Å². The molecule has 0 fully saturated rings.